The number of halogens is 1. The molecule has 0 heterocycles. The van der Waals surface area contributed by atoms with Crippen LogP contribution in [0.5, 0.6) is 0 Å². The van der Waals surface area contributed by atoms with Crippen LogP contribution in [0, 0.1) is 11.8 Å². The molecule has 0 aromatic rings. The highest BCUT2D eigenvalue weighted by molar-refractivity contribution is 9.09. The molecule has 0 amide bonds. The van der Waals surface area contributed by atoms with Gasteiger partial charge in [-0.25, -0.2) is 0 Å². The average Bonchev–Trinajstić information content (AvgIpc) is 2.53. The normalized spacial score (nSPS) is 21.4. The van der Waals surface area contributed by atoms with E-state index >= 15 is 0 Å². The second-order valence-corrected chi connectivity index (χ2v) is 6.39. The van der Waals surface area contributed by atoms with Crippen molar-refractivity contribution in [1.29, 1.82) is 0 Å². The molecule has 1 aliphatic rings. The zero-order chi connectivity index (χ0) is 12.0. The third kappa shape index (κ3) is 4.75. The lowest BCUT2D eigenvalue weighted by Crippen LogP contribution is -2.37. The zero-order valence-electron chi connectivity index (χ0n) is 11.2. The second kappa shape index (κ2) is 7.71. The molecule has 1 atom stereocenters. The van der Waals surface area contributed by atoms with Crippen molar-refractivity contribution in [2.45, 2.75) is 58.4 Å². The maximum atomic E-state index is 3.66. The van der Waals surface area contributed by atoms with Crippen LogP contribution in [0.15, 0.2) is 0 Å². The van der Waals surface area contributed by atoms with Crippen molar-refractivity contribution in [3.05, 3.63) is 0 Å². The molecule has 0 N–H and O–H groups in total. The number of alkyl halides is 1. The summed E-state index contributed by atoms with van der Waals surface area (Å²) in [6, 6.07) is 0.850. The summed E-state index contributed by atoms with van der Waals surface area (Å²) in [4.78, 5) is 2.62. The van der Waals surface area contributed by atoms with E-state index in [-0.39, 0.29) is 0 Å². The Kier molecular flexibility index (Phi) is 6.98. The molecular formula is C14H28BrN. The summed E-state index contributed by atoms with van der Waals surface area (Å²) in [5.41, 5.74) is 0. The Labute approximate surface area is 110 Å². The third-order valence-electron chi connectivity index (χ3n) is 4.11. The van der Waals surface area contributed by atoms with Crippen LogP contribution in [-0.2, 0) is 0 Å². The Bertz CT molecular complexity index is 174. The van der Waals surface area contributed by atoms with Gasteiger partial charge >= 0.3 is 0 Å². The molecule has 0 bridgehead atoms. The summed E-state index contributed by atoms with van der Waals surface area (Å²) in [7, 11) is 2.33. The fourth-order valence-electron chi connectivity index (χ4n) is 2.66. The Morgan fingerprint density at radius 2 is 1.69 bits per heavy atom. The van der Waals surface area contributed by atoms with E-state index in [1.807, 2.05) is 0 Å². The van der Waals surface area contributed by atoms with Gasteiger partial charge in [-0.05, 0) is 31.7 Å². The minimum atomic E-state index is 0.785. The van der Waals surface area contributed by atoms with E-state index in [2.05, 4.69) is 41.7 Å². The van der Waals surface area contributed by atoms with Crippen molar-refractivity contribution in [3.63, 3.8) is 0 Å². The molecule has 1 saturated carbocycles. The zero-order valence-corrected chi connectivity index (χ0v) is 12.8. The molecule has 1 fully saturated rings. The first-order chi connectivity index (χ1) is 7.65. The number of hydrogen-bond donors (Lipinski definition) is 0. The second-order valence-electron chi connectivity index (χ2n) is 5.74. The Hall–Kier alpha value is 0.440. The van der Waals surface area contributed by atoms with Crippen LogP contribution in [0.4, 0.5) is 0 Å². The van der Waals surface area contributed by atoms with E-state index in [4.69, 9.17) is 0 Å². The lowest BCUT2D eigenvalue weighted by atomic mass is 9.96. The monoisotopic (exact) mass is 289 g/mol. The van der Waals surface area contributed by atoms with E-state index in [1.165, 1.54) is 45.1 Å². The summed E-state index contributed by atoms with van der Waals surface area (Å²) in [6.07, 6.45) is 8.63. The molecule has 1 nitrogen and oxygen atoms in total. The number of hydrogen-bond acceptors (Lipinski definition) is 1. The minimum absolute atomic E-state index is 0.785. The Morgan fingerprint density at radius 3 is 2.12 bits per heavy atom. The van der Waals surface area contributed by atoms with E-state index in [9.17, 15) is 0 Å². The van der Waals surface area contributed by atoms with Gasteiger partial charge in [-0.15, -0.1) is 0 Å². The average molecular weight is 290 g/mol. The molecule has 1 aliphatic carbocycles. The van der Waals surface area contributed by atoms with Gasteiger partial charge in [0.25, 0.3) is 0 Å². The van der Waals surface area contributed by atoms with Crippen LogP contribution in [-0.4, -0.2) is 29.9 Å². The van der Waals surface area contributed by atoms with Gasteiger partial charge in [-0.1, -0.05) is 55.5 Å². The van der Waals surface area contributed by atoms with E-state index in [0.29, 0.717) is 0 Å². The van der Waals surface area contributed by atoms with Gasteiger partial charge in [0.15, 0.2) is 0 Å². The highest BCUT2D eigenvalue weighted by Crippen LogP contribution is 2.23. The first kappa shape index (κ1) is 14.5. The molecule has 16 heavy (non-hydrogen) atoms. The predicted octanol–water partition coefficient (Wildman–Crippen LogP) is 4.31. The highest BCUT2D eigenvalue weighted by Gasteiger charge is 2.21. The number of rotatable bonds is 5. The van der Waals surface area contributed by atoms with Gasteiger partial charge in [0, 0.05) is 17.9 Å². The summed E-state index contributed by atoms with van der Waals surface area (Å²) in [5.74, 6) is 1.58. The van der Waals surface area contributed by atoms with Gasteiger partial charge in [0.2, 0.25) is 0 Å². The van der Waals surface area contributed by atoms with Crippen LogP contribution in [0.3, 0.4) is 0 Å². The summed E-state index contributed by atoms with van der Waals surface area (Å²) >= 11 is 3.66. The molecule has 96 valence electrons. The van der Waals surface area contributed by atoms with Gasteiger partial charge < -0.3 is 4.90 Å². The topological polar surface area (TPSA) is 3.24 Å². The Morgan fingerprint density at radius 1 is 1.12 bits per heavy atom. The smallest absolute Gasteiger partial charge is 0.00923 e. The highest BCUT2D eigenvalue weighted by atomic mass is 79.9. The largest absolute Gasteiger partial charge is 0.303 e. The van der Waals surface area contributed by atoms with Crippen molar-refractivity contribution < 1.29 is 0 Å². The molecule has 0 saturated heterocycles. The first-order valence-electron chi connectivity index (χ1n) is 6.91. The standard InChI is InChI=1S/C14H28BrN/c1-12(2)13(10-15)11-16(3)14-8-6-4-5-7-9-14/h12-14H,4-11H2,1-3H3. The van der Waals surface area contributed by atoms with Crippen LogP contribution in [0.2, 0.25) is 0 Å². The summed E-state index contributed by atoms with van der Waals surface area (Å²) in [5, 5.41) is 1.14. The van der Waals surface area contributed by atoms with Crippen molar-refractivity contribution in [1.82, 2.24) is 4.90 Å². The fraction of sp³-hybridized carbons (Fsp3) is 1.00. The van der Waals surface area contributed by atoms with Crippen LogP contribution >= 0.6 is 15.9 Å². The summed E-state index contributed by atoms with van der Waals surface area (Å²) in [6.45, 7) is 5.94. The van der Waals surface area contributed by atoms with E-state index < -0.39 is 0 Å². The van der Waals surface area contributed by atoms with Gasteiger partial charge in [0.05, 0.1) is 0 Å². The van der Waals surface area contributed by atoms with Crippen molar-refractivity contribution in [2.75, 3.05) is 18.9 Å². The van der Waals surface area contributed by atoms with E-state index in [0.717, 1.165) is 23.2 Å². The molecule has 0 radical (unpaired) electrons. The molecular weight excluding hydrogens is 262 g/mol. The van der Waals surface area contributed by atoms with Crippen LogP contribution in [0.25, 0.3) is 0 Å². The third-order valence-corrected chi connectivity index (χ3v) is 4.94. The predicted molar refractivity (Wildman–Crippen MR) is 76.2 cm³/mol. The fourth-order valence-corrected chi connectivity index (χ4v) is 3.61. The quantitative estimate of drug-likeness (QED) is 0.539. The first-order valence-corrected chi connectivity index (χ1v) is 8.03. The Balaban J connectivity index is 2.39. The maximum absolute atomic E-state index is 3.66. The van der Waals surface area contributed by atoms with Crippen molar-refractivity contribution in [2.24, 2.45) is 11.8 Å². The maximum Gasteiger partial charge on any atom is 0.00923 e. The van der Waals surface area contributed by atoms with Crippen LogP contribution in [0.1, 0.15) is 52.4 Å². The minimum Gasteiger partial charge on any atom is -0.303 e. The lowest BCUT2D eigenvalue weighted by molar-refractivity contribution is 0.178. The number of nitrogens with zero attached hydrogens (tertiary/aromatic N) is 1. The van der Waals surface area contributed by atoms with Crippen molar-refractivity contribution >= 4 is 15.9 Å². The molecule has 0 aromatic carbocycles. The molecule has 0 aromatic heterocycles. The van der Waals surface area contributed by atoms with Gasteiger partial charge in [0.1, 0.15) is 0 Å². The molecule has 2 heteroatoms. The van der Waals surface area contributed by atoms with Gasteiger partial charge in [-0.3, -0.25) is 0 Å². The molecule has 0 aliphatic heterocycles. The molecule has 1 rings (SSSR count). The summed E-state index contributed by atoms with van der Waals surface area (Å²) < 4.78 is 0. The van der Waals surface area contributed by atoms with Crippen LogP contribution < -0.4 is 0 Å². The van der Waals surface area contributed by atoms with E-state index in [1.54, 1.807) is 0 Å². The van der Waals surface area contributed by atoms with Gasteiger partial charge in [-0.2, -0.15) is 0 Å². The molecule has 0 spiro atoms. The lowest BCUT2D eigenvalue weighted by Gasteiger charge is -2.31. The van der Waals surface area contributed by atoms with Crippen molar-refractivity contribution in [3.8, 4) is 0 Å². The SMILES string of the molecule is CC(C)C(CBr)CN(C)C1CCCCCC1. The molecule has 1 unspecified atom stereocenters.